The summed E-state index contributed by atoms with van der Waals surface area (Å²) in [6.45, 7) is 7.91. The molecule has 0 spiro atoms. The van der Waals surface area contributed by atoms with Gasteiger partial charge in [-0.25, -0.2) is 0 Å². The molecule has 6 heteroatoms. The van der Waals surface area contributed by atoms with E-state index in [1.807, 2.05) is 16.7 Å². The Balaban J connectivity index is 1.12. The maximum Gasteiger partial charge on any atom is 0.251 e. The van der Waals surface area contributed by atoms with Gasteiger partial charge in [0.05, 0.1) is 5.52 Å². The van der Waals surface area contributed by atoms with E-state index in [9.17, 15) is 4.79 Å². The predicted molar refractivity (Wildman–Crippen MR) is 127 cm³/mol. The molecule has 0 unspecified atom stereocenters. The zero-order chi connectivity index (χ0) is 21.9. The lowest BCUT2D eigenvalue weighted by Gasteiger charge is -2.32. The summed E-state index contributed by atoms with van der Waals surface area (Å²) in [5, 5.41) is 4.83. The molecular formula is C26H31N3O3. The molecule has 2 aliphatic heterocycles. The zero-order valence-electron chi connectivity index (χ0n) is 18.7. The molecule has 1 saturated heterocycles. The van der Waals surface area contributed by atoms with Crippen molar-refractivity contribution in [3.8, 4) is 11.5 Å². The molecule has 0 bridgehead atoms. The minimum absolute atomic E-state index is 0.0809. The van der Waals surface area contributed by atoms with Crippen molar-refractivity contribution in [1.82, 2.24) is 14.8 Å². The van der Waals surface area contributed by atoms with Crippen LogP contribution in [0.4, 0.5) is 0 Å². The van der Waals surface area contributed by atoms with Gasteiger partial charge in [-0.15, -0.1) is 0 Å². The molecule has 3 heterocycles. The lowest BCUT2D eigenvalue weighted by molar-refractivity contribution is 0.171. The number of likely N-dealkylation sites (tertiary alicyclic amines) is 1. The van der Waals surface area contributed by atoms with Gasteiger partial charge in [0, 0.05) is 31.7 Å². The first kappa shape index (κ1) is 21.0. The second kappa shape index (κ2) is 9.35. The van der Waals surface area contributed by atoms with Crippen molar-refractivity contribution in [2.75, 3.05) is 32.8 Å². The number of rotatable bonds is 6. The van der Waals surface area contributed by atoms with E-state index in [2.05, 4.69) is 47.5 Å². The zero-order valence-corrected chi connectivity index (χ0v) is 18.7. The number of aromatic nitrogens is 1. The molecule has 5 rings (SSSR count). The van der Waals surface area contributed by atoms with Crippen LogP contribution in [0.3, 0.4) is 0 Å². The lowest BCUT2D eigenvalue weighted by Crippen LogP contribution is -2.43. The highest BCUT2D eigenvalue weighted by Crippen LogP contribution is 2.30. The second-order valence-electron chi connectivity index (χ2n) is 8.86. The number of hydrogen-bond donors (Lipinski definition) is 1. The highest BCUT2D eigenvalue weighted by Gasteiger charge is 2.19. The molecule has 2 aromatic carbocycles. The van der Waals surface area contributed by atoms with Gasteiger partial charge < -0.3 is 24.3 Å². The normalized spacial score (nSPS) is 17.0. The van der Waals surface area contributed by atoms with Gasteiger partial charge in [-0.2, -0.15) is 0 Å². The van der Waals surface area contributed by atoms with Gasteiger partial charge in [0.15, 0.2) is 11.5 Å². The SMILES string of the molecule is Cc1ccc2c(ccc(=O)n2CCN2CCC(NCc3ccc4c(c3)OCCO4)CC2)c1. The van der Waals surface area contributed by atoms with Crippen molar-refractivity contribution >= 4 is 10.9 Å². The van der Waals surface area contributed by atoms with E-state index in [1.165, 1.54) is 11.1 Å². The topological polar surface area (TPSA) is 55.7 Å². The Labute approximate surface area is 188 Å². The standard InChI is InChI=1S/C26H31N3O3/c1-19-2-5-23-21(16-19)4-7-26(30)29(23)13-12-28-10-8-22(9-11-28)27-18-20-3-6-24-25(17-20)32-15-14-31-24/h2-7,16-17,22,27H,8-15,18H2,1H3. The van der Waals surface area contributed by atoms with Gasteiger partial charge >= 0.3 is 0 Å². The minimum atomic E-state index is 0.0809. The number of nitrogens with one attached hydrogen (secondary N) is 1. The molecular weight excluding hydrogens is 402 g/mol. The van der Waals surface area contributed by atoms with Crippen LogP contribution < -0.4 is 20.3 Å². The van der Waals surface area contributed by atoms with E-state index in [1.54, 1.807) is 6.07 Å². The Morgan fingerprint density at radius 2 is 1.75 bits per heavy atom. The van der Waals surface area contributed by atoms with Crippen molar-refractivity contribution in [2.24, 2.45) is 0 Å². The summed E-state index contributed by atoms with van der Waals surface area (Å²) in [6.07, 6.45) is 2.24. The number of benzene rings is 2. The Morgan fingerprint density at radius 1 is 0.938 bits per heavy atom. The van der Waals surface area contributed by atoms with E-state index in [4.69, 9.17) is 9.47 Å². The maximum atomic E-state index is 12.5. The van der Waals surface area contributed by atoms with Crippen LogP contribution in [-0.2, 0) is 13.1 Å². The van der Waals surface area contributed by atoms with Crippen molar-refractivity contribution in [3.63, 3.8) is 0 Å². The van der Waals surface area contributed by atoms with E-state index in [-0.39, 0.29) is 5.56 Å². The number of hydrogen-bond acceptors (Lipinski definition) is 5. The van der Waals surface area contributed by atoms with Crippen LogP contribution in [0.1, 0.15) is 24.0 Å². The molecule has 1 fully saturated rings. The third-order valence-electron chi connectivity index (χ3n) is 6.57. The maximum absolute atomic E-state index is 12.5. The highest BCUT2D eigenvalue weighted by molar-refractivity contribution is 5.79. The van der Waals surface area contributed by atoms with Crippen LogP contribution in [0.15, 0.2) is 53.3 Å². The fraction of sp³-hybridized carbons (Fsp3) is 0.423. The van der Waals surface area contributed by atoms with E-state index >= 15 is 0 Å². The van der Waals surface area contributed by atoms with Crippen LogP contribution in [0.25, 0.3) is 10.9 Å². The van der Waals surface area contributed by atoms with Crippen LogP contribution in [0.5, 0.6) is 11.5 Å². The average Bonchev–Trinajstić information content (AvgIpc) is 2.83. The molecule has 1 N–H and O–H groups in total. The number of nitrogens with zero attached hydrogens (tertiary/aromatic N) is 2. The third-order valence-corrected chi connectivity index (χ3v) is 6.57. The van der Waals surface area contributed by atoms with Gasteiger partial charge in [-0.3, -0.25) is 4.79 Å². The number of fused-ring (bicyclic) bond motifs is 2. The van der Waals surface area contributed by atoms with Gasteiger partial charge in [-0.1, -0.05) is 17.7 Å². The van der Waals surface area contributed by atoms with Crippen molar-refractivity contribution in [1.29, 1.82) is 0 Å². The van der Waals surface area contributed by atoms with Crippen molar-refractivity contribution < 1.29 is 9.47 Å². The van der Waals surface area contributed by atoms with Gasteiger partial charge in [0.1, 0.15) is 13.2 Å². The van der Waals surface area contributed by atoms with Crippen LogP contribution in [-0.4, -0.2) is 48.4 Å². The molecule has 1 aromatic heterocycles. The third kappa shape index (κ3) is 4.66. The second-order valence-corrected chi connectivity index (χ2v) is 8.86. The summed E-state index contributed by atoms with van der Waals surface area (Å²) >= 11 is 0. The summed E-state index contributed by atoms with van der Waals surface area (Å²) < 4.78 is 13.2. The number of aryl methyl sites for hydroxylation is 1. The number of ether oxygens (including phenoxy) is 2. The average molecular weight is 434 g/mol. The molecule has 2 aliphatic rings. The first-order valence-corrected chi connectivity index (χ1v) is 11.6. The van der Waals surface area contributed by atoms with Crippen LogP contribution >= 0.6 is 0 Å². The predicted octanol–water partition coefficient (Wildman–Crippen LogP) is 3.34. The first-order chi connectivity index (χ1) is 15.7. The molecule has 32 heavy (non-hydrogen) atoms. The van der Waals surface area contributed by atoms with Crippen LogP contribution in [0, 0.1) is 6.92 Å². The van der Waals surface area contributed by atoms with Gasteiger partial charge in [-0.05, 0) is 74.1 Å². The molecule has 3 aromatic rings. The molecule has 6 nitrogen and oxygen atoms in total. The molecule has 0 radical (unpaired) electrons. The Kier molecular flexibility index (Phi) is 6.14. The quantitative estimate of drug-likeness (QED) is 0.646. The first-order valence-electron chi connectivity index (χ1n) is 11.6. The largest absolute Gasteiger partial charge is 0.486 e. The van der Waals surface area contributed by atoms with Crippen molar-refractivity contribution in [2.45, 2.75) is 38.9 Å². The summed E-state index contributed by atoms with van der Waals surface area (Å²) in [7, 11) is 0. The monoisotopic (exact) mass is 433 g/mol. The Bertz CT molecular complexity index is 1150. The number of pyridine rings is 1. The summed E-state index contributed by atoms with van der Waals surface area (Å²) in [4.78, 5) is 14.9. The summed E-state index contributed by atoms with van der Waals surface area (Å²) in [6, 6.07) is 16.6. The highest BCUT2D eigenvalue weighted by atomic mass is 16.6. The van der Waals surface area contributed by atoms with Gasteiger partial charge in [0.2, 0.25) is 0 Å². The summed E-state index contributed by atoms with van der Waals surface area (Å²) in [5.74, 6) is 1.69. The molecule has 0 aliphatic carbocycles. The van der Waals surface area contributed by atoms with Gasteiger partial charge in [0.25, 0.3) is 5.56 Å². The molecule has 168 valence electrons. The Hall–Kier alpha value is -2.83. The molecule has 0 amide bonds. The van der Waals surface area contributed by atoms with Crippen molar-refractivity contribution in [3.05, 3.63) is 70.0 Å². The van der Waals surface area contributed by atoms with E-state index in [0.29, 0.717) is 19.3 Å². The van der Waals surface area contributed by atoms with E-state index < -0.39 is 0 Å². The fourth-order valence-corrected chi connectivity index (χ4v) is 4.72. The van der Waals surface area contributed by atoms with E-state index in [0.717, 1.165) is 68.0 Å². The van der Waals surface area contributed by atoms with Crippen LogP contribution in [0.2, 0.25) is 0 Å². The summed E-state index contributed by atoms with van der Waals surface area (Å²) in [5.41, 5.74) is 3.55. The number of piperidine rings is 1. The fourth-order valence-electron chi connectivity index (χ4n) is 4.72. The smallest absolute Gasteiger partial charge is 0.251 e. The Morgan fingerprint density at radius 3 is 2.59 bits per heavy atom. The molecule has 0 atom stereocenters. The molecule has 0 saturated carbocycles. The lowest BCUT2D eigenvalue weighted by atomic mass is 10.0. The minimum Gasteiger partial charge on any atom is -0.486 e.